The molecule has 0 saturated heterocycles. The molecular formula is C8H17NO2. The molecule has 0 spiro atoms. The SMILES string of the molecule is CC[C@H](C)[C@H](N)CCC(=O)O. The van der Waals surface area contributed by atoms with E-state index >= 15 is 0 Å². The highest BCUT2D eigenvalue weighted by molar-refractivity contribution is 5.66. The van der Waals surface area contributed by atoms with Gasteiger partial charge < -0.3 is 10.8 Å². The Kier molecular flexibility index (Phi) is 4.86. The van der Waals surface area contributed by atoms with Gasteiger partial charge in [-0.3, -0.25) is 4.79 Å². The lowest BCUT2D eigenvalue weighted by Gasteiger charge is -2.16. The number of hydrogen-bond donors (Lipinski definition) is 2. The molecule has 3 heteroatoms. The molecule has 0 aromatic rings. The van der Waals surface area contributed by atoms with E-state index < -0.39 is 5.97 Å². The van der Waals surface area contributed by atoms with Gasteiger partial charge in [0.2, 0.25) is 0 Å². The van der Waals surface area contributed by atoms with Crippen LogP contribution in [0.5, 0.6) is 0 Å². The summed E-state index contributed by atoms with van der Waals surface area (Å²) in [6.07, 6.45) is 1.79. The summed E-state index contributed by atoms with van der Waals surface area (Å²) < 4.78 is 0. The number of rotatable bonds is 5. The van der Waals surface area contributed by atoms with Crippen molar-refractivity contribution < 1.29 is 9.90 Å². The van der Waals surface area contributed by atoms with Crippen molar-refractivity contribution in [3.05, 3.63) is 0 Å². The molecular weight excluding hydrogens is 142 g/mol. The van der Waals surface area contributed by atoms with E-state index in [-0.39, 0.29) is 12.5 Å². The fourth-order valence-corrected chi connectivity index (χ4v) is 0.877. The molecule has 0 fully saturated rings. The summed E-state index contributed by atoms with van der Waals surface area (Å²) in [4.78, 5) is 10.2. The second-order valence-corrected chi connectivity index (χ2v) is 2.98. The van der Waals surface area contributed by atoms with Gasteiger partial charge in [-0.2, -0.15) is 0 Å². The normalized spacial score (nSPS) is 15.9. The minimum absolute atomic E-state index is 0.0381. The van der Waals surface area contributed by atoms with Crippen LogP contribution in [-0.4, -0.2) is 17.1 Å². The quantitative estimate of drug-likeness (QED) is 0.634. The maximum atomic E-state index is 10.2. The van der Waals surface area contributed by atoms with Gasteiger partial charge in [-0.1, -0.05) is 20.3 Å². The summed E-state index contributed by atoms with van der Waals surface area (Å²) in [7, 11) is 0. The molecule has 66 valence electrons. The van der Waals surface area contributed by atoms with E-state index in [1.807, 2.05) is 6.92 Å². The molecule has 0 aliphatic heterocycles. The molecule has 0 unspecified atom stereocenters. The van der Waals surface area contributed by atoms with Crippen molar-refractivity contribution in [2.24, 2.45) is 11.7 Å². The summed E-state index contributed by atoms with van der Waals surface area (Å²) in [6, 6.07) is 0.0381. The number of hydrogen-bond acceptors (Lipinski definition) is 2. The summed E-state index contributed by atoms with van der Waals surface area (Å²) in [5.74, 6) is -0.335. The second kappa shape index (κ2) is 5.13. The smallest absolute Gasteiger partial charge is 0.303 e. The first-order chi connectivity index (χ1) is 5.07. The molecule has 0 aromatic carbocycles. The highest BCUT2D eigenvalue weighted by Crippen LogP contribution is 2.09. The third-order valence-electron chi connectivity index (χ3n) is 2.07. The second-order valence-electron chi connectivity index (χ2n) is 2.98. The van der Waals surface area contributed by atoms with Gasteiger partial charge in [0.1, 0.15) is 0 Å². The van der Waals surface area contributed by atoms with E-state index in [0.717, 1.165) is 6.42 Å². The largest absolute Gasteiger partial charge is 0.481 e. The van der Waals surface area contributed by atoms with Crippen molar-refractivity contribution in [3.63, 3.8) is 0 Å². The molecule has 0 saturated carbocycles. The molecule has 3 nitrogen and oxygen atoms in total. The topological polar surface area (TPSA) is 63.3 Å². The van der Waals surface area contributed by atoms with Crippen LogP contribution in [-0.2, 0) is 4.79 Å². The van der Waals surface area contributed by atoms with Crippen LogP contribution in [0.3, 0.4) is 0 Å². The highest BCUT2D eigenvalue weighted by Gasteiger charge is 2.11. The highest BCUT2D eigenvalue weighted by atomic mass is 16.4. The minimum Gasteiger partial charge on any atom is -0.481 e. The predicted octanol–water partition coefficient (Wildman–Crippen LogP) is 1.22. The number of carboxylic acids is 1. The number of carboxylic acid groups (broad SMARTS) is 1. The van der Waals surface area contributed by atoms with E-state index in [0.29, 0.717) is 12.3 Å². The van der Waals surface area contributed by atoms with Gasteiger partial charge in [0, 0.05) is 12.5 Å². The average molecular weight is 159 g/mol. The van der Waals surface area contributed by atoms with E-state index in [2.05, 4.69) is 6.92 Å². The van der Waals surface area contributed by atoms with Crippen molar-refractivity contribution in [1.82, 2.24) is 0 Å². The number of aliphatic carboxylic acids is 1. The van der Waals surface area contributed by atoms with E-state index in [4.69, 9.17) is 10.8 Å². The first kappa shape index (κ1) is 10.4. The standard InChI is InChI=1S/C8H17NO2/c1-3-6(2)7(9)4-5-8(10)11/h6-7H,3-5,9H2,1-2H3,(H,10,11)/t6-,7+/m0/s1. The molecule has 0 aliphatic rings. The number of carbonyl (C=O) groups is 1. The lowest BCUT2D eigenvalue weighted by molar-refractivity contribution is -0.137. The molecule has 0 heterocycles. The maximum absolute atomic E-state index is 10.2. The molecule has 3 N–H and O–H groups in total. The first-order valence-corrected chi connectivity index (χ1v) is 4.05. The van der Waals surface area contributed by atoms with E-state index in [1.54, 1.807) is 0 Å². The van der Waals surface area contributed by atoms with Crippen LogP contribution < -0.4 is 5.73 Å². The van der Waals surface area contributed by atoms with Gasteiger partial charge in [-0.15, -0.1) is 0 Å². The number of nitrogens with two attached hydrogens (primary N) is 1. The summed E-state index contributed by atoms with van der Waals surface area (Å²) in [5.41, 5.74) is 5.71. The Labute approximate surface area is 67.6 Å². The zero-order valence-electron chi connectivity index (χ0n) is 7.21. The van der Waals surface area contributed by atoms with Gasteiger partial charge >= 0.3 is 5.97 Å². The molecule has 0 aliphatic carbocycles. The molecule has 2 atom stereocenters. The van der Waals surface area contributed by atoms with Crippen molar-refractivity contribution in [2.75, 3.05) is 0 Å². The Balaban J connectivity index is 3.51. The minimum atomic E-state index is -0.760. The average Bonchev–Trinajstić information content (AvgIpc) is 1.98. The van der Waals surface area contributed by atoms with Crippen LogP contribution in [0, 0.1) is 5.92 Å². The van der Waals surface area contributed by atoms with Crippen molar-refractivity contribution in [1.29, 1.82) is 0 Å². The van der Waals surface area contributed by atoms with Gasteiger partial charge in [-0.25, -0.2) is 0 Å². The third kappa shape index (κ3) is 4.79. The van der Waals surface area contributed by atoms with Crippen LogP contribution in [0.25, 0.3) is 0 Å². The van der Waals surface area contributed by atoms with E-state index in [9.17, 15) is 4.79 Å². The molecule has 0 radical (unpaired) electrons. The zero-order valence-corrected chi connectivity index (χ0v) is 7.21. The van der Waals surface area contributed by atoms with E-state index in [1.165, 1.54) is 0 Å². The first-order valence-electron chi connectivity index (χ1n) is 4.05. The summed E-state index contributed by atoms with van der Waals surface area (Å²) in [5, 5.41) is 8.36. The van der Waals surface area contributed by atoms with Gasteiger partial charge in [0.25, 0.3) is 0 Å². The van der Waals surface area contributed by atoms with Gasteiger partial charge in [-0.05, 0) is 12.3 Å². The van der Waals surface area contributed by atoms with Crippen LogP contribution in [0.15, 0.2) is 0 Å². The Hall–Kier alpha value is -0.570. The predicted molar refractivity (Wildman–Crippen MR) is 44.3 cm³/mol. The zero-order chi connectivity index (χ0) is 8.85. The fourth-order valence-electron chi connectivity index (χ4n) is 0.877. The van der Waals surface area contributed by atoms with Crippen molar-refractivity contribution in [2.45, 2.75) is 39.2 Å². The van der Waals surface area contributed by atoms with Crippen LogP contribution in [0.1, 0.15) is 33.1 Å². The molecule has 0 aromatic heterocycles. The van der Waals surface area contributed by atoms with Crippen LogP contribution >= 0.6 is 0 Å². The summed E-state index contributed by atoms with van der Waals surface area (Å²) >= 11 is 0. The fraction of sp³-hybridized carbons (Fsp3) is 0.875. The lowest BCUT2D eigenvalue weighted by atomic mass is 9.96. The van der Waals surface area contributed by atoms with Gasteiger partial charge in [0.15, 0.2) is 0 Å². The Morgan fingerprint density at radius 3 is 2.55 bits per heavy atom. The maximum Gasteiger partial charge on any atom is 0.303 e. The van der Waals surface area contributed by atoms with Crippen molar-refractivity contribution >= 4 is 5.97 Å². The Morgan fingerprint density at radius 1 is 1.64 bits per heavy atom. The lowest BCUT2D eigenvalue weighted by Crippen LogP contribution is -2.28. The molecule has 11 heavy (non-hydrogen) atoms. The monoisotopic (exact) mass is 159 g/mol. The Bertz CT molecular complexity index is 125. The summed E-state index contributed by atoms with van der Waals surface area (Å²) in [6.45, 7) is 4.11. The molecule has 0 amide bonds. The molecule has 0 bridgehead atoms. The van der Waals surface area contributed by atoms with Crippen molar-refractivity contribution in [3.8, 4) is 0 Å². The van der Waals surface area contributed by atoms with Gasteiger partial charge in [0.05, 0.1) is 0 Å². The van der Waals surface area contributed by atoms with Crippen LogP contribution in [0.2, 0.25) is 0 Å². The molecule has 0 rings (SSSR count). The third-order valence-corrected chi connectivity index (χ3v) is 2.07. The Morgan fingerprint density at radius 2 is 2.18 bits per heavy atom. The van der Waals surface area contributed by atoms with Crippen LogP contribution in [0.4, 0.5) is 0 Å².